The summed E-state index contributed by atoms with van der Waals surface area (Å²) < 4.78 is 12.6. The molecule has 2 N–H and O–H groups in total. The largest absolute Gasteiger partial charge is 0.480 e. The highest BCUT2D eigenvalue weighted by molar-refractivity contribution is 5.96. The van der Waals surface area contributed by atoms with Crippen LogP contribution in [0, 0.1) is 5.82 Å². The molecule has 0 saturated heterocycles. The van der Waals surface area contributed by atoms with Gasteiger partial charge in [0, 0.05) is 5.56 Å². The van der Waals surface area contributed by atoms with Crippen LogP contribution in [0.25, 0.3) is 0 Å². The van der Waals surface area contributed by atoms with E-state index in [0.717, 1.165) is 12.1 Å². The van der Waals surface area contributed by atoms with Crippen molar-refractivity contribution in [3.8, 4) is 0 Å². The van der Waals surface area contributed by atoms with E-state index in [0.29, 0.717) is 0 Å². The molecule has 1 atom stereocenters. The molecule has 1 amide bonds. The molecule has 0 bridgehead atoms. The maximum atomic E-state index is 12.6. The lowest BCUT2D eigenvalue weighted by Gasteiger charge is -2.12. The zero-order valence-electron chi connectivity index (χ0n) is 9.02. The highest BCUT2D eigenvalue weighted by Crippen LogP contribution is 2.04. The summed E-state index contributed by atoms with van der Waals surface area (Å²) >= 11 is 0. The average Bonchev–Trinajstić information content (AvgIpc) is 2.29. The van der Waals surface area contributed by atoms with Crippen LogP contribution >= 0.6 is 0 Å². The summed E-state index contributed by atoms with van der Waals surface area (Å²) in [6.45, 7) is 3.41. The maximum Gasteiger partial charge on any atom is 0.326 e. The first-order valence-electron chi connectivity index (χ1n) is 4.94. The molecule has 0 saturated carbocycles. The molecule has 4 nitrogen and oxygen atoms in total. The Morgan fingerprint density at radius 1 is 1.41 bits per heavy atom. The van der Waals surface area contributed by atoms with Crippen LogP contribution in [0.3, 0.4) is 0 Å². The second-order valence-electron chi connectivity index (χ2n) is 3.40. The number of carbonyl (C=O) groups excluding carboxylic acids is 1. The van der Waals surface area contributed by atoms with Crippen molar-refractivity contribution < 1.29 is 19.1 Å². The molecule has 0 fully saturated rings. The van der Waals surface area contributed by atoms with Crippen molar-refractivity contribution in [1.29, 1.82) is 0 Å². The van der Waals surface area contributed by atoms with Gasteiger partial charge in [0.1, 0.15) is 11.9 Å². The molecule has 17 heavy (non-hydrogen) atoms. The SMILES string of the molecule is C=CC[C@H](NC(=O)c1ccc(F)cc1)C(=O)O. The van der Waals surface area contributed by atoms with Crippen molar-refractivity contribution in [3.05, 3.63) is 48.3 Å². The number of nitrogens with one attached hydrogen (secondary N) is 1. The number of carboxylic acid groups (broad SMARTS) is 1. The van der Waals surface area contributed by atoms with Crippen molar-refractivity contribution in [1.82, 2.24) is 5.32 Å². The summed E-state index contributed by atoms with van der Waals surface area (Å²) in [4.78, 5) is 22.4. The molecule has 0 aromatic heterocycles. The quantitative estimate of drug-likeness (QED) is 0.764. The van der Waals surface area contributed by atoms with E-state index in [4.69, 9.17) is 5.11 Å². The van der Waals surface area contributed by atoms with Gasteiger partial charge >= 0.3 is 5.97 Å². The van der Waals surface area contributed by atoms with Crippen molar-refractivity contribution in [2.45, 2.75) is 12.5 Å². The van der Waals surface area contributed by atoms with E-state index in [-0.39, 0.29) is 12.0 Å². The third-order valence-corrected chi connectivity index (χ3v) is 2.11. The fraction of sp³-hybridized carbons (Fsp3) is 0.167. The molecule has 1 rings (SSSR count). The molecule has 0 aliphatic carbocycles. The average molecular weight is 237 g/mol. The molecular formula is C12H12FNO3. The topological polar surface area (TPSA) is 66.4 Å². The van der Waals surface area contributed by atoms with E-state index in [1.54, 1.807) is 0 Å². The van der Waals surface area contributed by atoms with Crippen LogP contribution in [0.15, 0.2) is 36.9 Å². The minimum absolute atomic E-state index is 0.127. The zero-order chi connectivity index (χ0) is 12.8. The van der Waals surface area contributed by atoms with Crippen LogP contribution in [0.4, 0.5) is 4.39 Å². The van der Waals surface area contributed by atoms with Gasteiger partial charge in [0.15, 0.2) is 0 Å². The molecule has 0 spiro atoms. The van der Waals surface area contributed by atoms with Crippen molar-refractivity contribution in [2.24, 2.45) is 0 Å². The van der Waals surface area contributed by atoms with Crippen LogP contribution in [-0.2, 0) is 4.79 Å². The number of halogens is 1. The van der Waals surface area contributed by atoms with Gasteiger partial charge < -0.3 is 10.4 Å². The lowest BCUT2D eigenvalue weighted by Crippen LogP contribution is -2.40. The highest BCUT2D eigenvalue weighted by atomic mass is 19.1. The summed E-state index contributed by atoms with van der Waals surface area (Å²) in [7, 11) is 0. The molecule has 0 aliphatic rings. The van der Waals surface area contributed by atoms with Crippen LogP contribution < -0.4 is 5.32 Å². The van der Waals surface area contributed by atoms with Crippen molar-refractivity contribution in [2.75, 3.05) is 0 Å². The molecule has 5 heteroatoms. The predicted octanol–water partition coefficient (Wildman–Crippen LogP) is 1.58. The first-order chi connectivity index (χ1) is 8.04. The second-order valence-corrected chi connectivity index (χ2v) is 3.40. The number of benzene rings is 1. The van der Waals surface area contributed by atoms with Gasteiger partial charge in [0.2, 0.25) is 0 Å². The minimum atomic E-state index is -1.14. The van der Waals surface area contributed by atoms with E-state index in [2.05, 4.69) is 11.9 Å². The van der Waals surface area contributed by atoms with Gasteiger partial charge in [0.05, 0.1) is 0 Å². The van der Waals surface area contributed by atoms with Crippen LogP contribution in [-0.4, -0.2) is 23.0 Å². The van der Waals surface area contributed by atoms with Gasteiger partial charge in [-0.3, -0.25) is 4.79 Å². The van der Waals surface area contributed by atoms with E-state index < -0.39 is 23.7 Å². The number of hydrogen-bond donors (Lipinski definition) is 2. The van der Waals surface area contributed by atoms with Gasteiger partial charge in [-0.1, -0.05) is 6.08 Å². The number of carboxylic acids is 1. The lowest BCUT2D eigenvalue weighted by molar-refractivity contribution is -0.139. The number of carbonyl (C=O) groups is 2. The Bertz CT molecular complexity index is 428. The maximum absolute atomic E-state index is 12.6. The monoisotopic (exact) mass is 237 g/mol. The summed E-state index contributed by atoms with van der Waals surface area (Å²) in [6, 6.07) is 3.83. The Hall–Kier alpha value is -2.17. The lowest BCUT2D eigenvalue weighted by atomic mass is 10.1. The molecule has 1 aromatic rings. The standard InChI is InChI=1S/C12H12FNO3/c1-2-3-10(12(16)17)14-11(15)8-4-6-9(13)7-5-8/h2,4-7,10H,1,3H2,(H,14,15)(H,16,17)/t10-/m0/s1. The summed E-state index contributed by atoms with van der Waals surface area (Å²) in [5, 5.41) is 11.1. The van der Waals surface area contributed by atoms with E-state index in [9.17, 15) is 14.0 Å². The van der Waals surface area contributed by atoms with Gasteiger partial charge in [0.25, 0.3) is 5.91 Å². The second kappa shape index (κ2) is 5.79. The number of aliphatic carboxylic acids is 1. The molecular weight excluding hydrogens is 225 g/mol. The Balaban J connectivity index is 2.73. The Morgan fingerprint density at radius 3 is 2.47 bits per heavy atom. The van der Waals surface area contributed by atoms with Gasteiger partial charge in [-0.15, -0.1) is 6.58 Å². The Kier molecular flexibility index (Phi) is 4.39. The molecule has 0 unspecified atom stereocenters. The van der Waals surface area contributed by atoms with Crippen molar-refractivity contribution >= 4 is 11.9 Å². The number of hydrogen-bond acceptors (Lipinski definition) is 2. The van der Waals surface area contributed by atoms with Gasteiger partial charge in [-0.25, -0.2) is 9.18 Å². The Labute approximate surface area is 97.8 Å². The predicted molar refractivity (Wildman–Crippen MR) is 60.1 cm³/mol. The van der Waals surface area contributed by atoms with E-state index in [1.165, 1.54) is 18.2 Å². The molecule has 1 aromatic carbocycles. The first-order valence-corrected chi connectivity index (χ1v) is 4.94. The Morgan fingerprint density at radius 2 is 2.00 bits per heavy atom. The molecule has 0 radical (unpaired) electrons. The molecule has 0 aliphatic heterocycles. The summed E-state index contributed by atoms with van der Waals surface area (Å²) in [5.74, 6) is -2.15. The number of rotatable bonds is 5. The first kappa shape index (κ1) is 12.9. The minimum Gasteiger partial charge on any atom is -0.480 e. The van der Waals surface area contributed by atoms with Gasteiger partial charge in [-0.2, -0.15) is 0 Å². The van der Waals surface area contributed by atoms with Crippen LogP contribution in [0.2, 0.25) is 0 Å². The van der Waals surface area contributed by atoms with E-state index >= 15 is 0 Å². The summed E-state index contributed by atoms with van der Waals surface area (Å²) in [5.41, 5.74) is 0.210. The molecule has 90 valence electrons. The molecule has 0 heterocycles. The van der Waals surface area contributed by atoms with Crippen molar-refractivity contribution in [3.63, 3.8) is 0 Å². The normalized spacial score (nSPS) is 11.6. The zero-order valence-corrected chi connectivity index (χ0v) is 9.02. The highest BCUT2D eigenvalue weighted by Gasteiger charge is 2.18. The third-order valence-electron chi connectivity index (χ3n) is 2.11. The van der Waals surface area contributed by atoms with Crippen LogP contribution in [0.5, 0.6) is 0 Å². The fourth-order valence-corrected chi connectivity index (χ4v) is 1.23. The summed E-state index contributed by atoms with van der Waals surface area (Å²) in [6.07, 6.45) is 1.53. The third kappa shape index (κ3) is 3.71. The number of amides is 1. The fourth-order valence-electron chi connectivity index (χ4n) is 1.23. The smallest absolute Gasteiger partial charge is 0.326 e. The van der Waals surface area contributed by atoms with Gasteiger partial charge in [-0.05, 0) is 30.7 Å². The van der Waals surface area contributed by atoms with E-state index in [1.807, 2.05) is 0 Å². The van der Waals surface area contributed by atoms with Crippen LogP contribution in [0.1, 0.15) is 16.8 Å².